The maximum atomic E-state index is 11.3. The van der Waals surface area contributed by atoms with Gasteiger partial charge in [-0.05, 0) is 22.0 Å². The van der Waals surface area contributed by atoms with Crippen molar-refractivity contribution in [2.45, 2.75) is 0 Å². The lowest BCUT2D eigenvalue weighted by Crippen LogP contribution is -2.04. The molecule has 2 heterocycles. The van der Waals surface area contributed by atoms with Crippen LogP contribution in [0, 0.1) is 10.1 Å². The predicted octanol–water partition coefficient (Wildman–Crippen LogP) is 2.26. The highest BCUT2D eigenvalue weighted by molar-refractivity contribution is 9.11. The summed E-state index contributed by atoms with van der Waals surface area (Å²) in [6, 6.07) is 1.58. The van der Waals surface area contributed by atoms with Gasteiger partial charge in [0.25, 0.3) is 11.2 Å². The third kappa shape index (κ3) is 1.34. The Morgan fingerprint density at radius 1 is 1.57 bits per heavy atom. The third-order valence-electron chi connectivity index (χ3n) is 1.72. The van der Waals surface area contributed by atoms with Crippen LogP contribution in [0.2, 0.25) is 0 Å². The first-order valence-corrected chi connectivity index (χ1v) is 5.15. The number of rotatable bonds is 1. The molecule has 0 saturated heterocycles. The summed E-state index contributed by atoms with van der Waals surface area (Å²) in [6.45, 7) is 0. The van der Waals surface area contributed by atoms with E-state index in [9.17, 15) is 14.9 Å². The second-order valence-corrected chi connectivity index (χ2v) is 4.98. The number of thiophene rings is 1. The molecule has 0 aliphatic carbocycles. The molecular weight excluding hydrogens is 272 g/mol. The molecule has 0 spiro atoms. The Morgan fingerprint density at radius 2 is 2.29 bits per heavy atom. The highest BCUT2D eigenvalue weighted by atomic mass is 79.9. The molecule has 0 unspecified atom stereocenters. The molecule has 7 heteroatoms. The molecule has 0 aliphatic heterocycles. The van der Waals surface area contributed by atoms with Crippen molar-refractivity contribution in [1.29, 1.82) is 0 Å². The molecule has 0 saturated carbocycles. The van der Waals surface area contributed by atoms with Gasteiger partial charge in [0.05, 0.1) is 20.3 Å². The summed E-state index contributed by atoms with van der Waals surface area (Å²) < 4.78 is 1.07. The summed E-state index contributed by atoms with van der Waals surface area (Å²) in [6.07, 6.45) is 1.11. The van der Waals surface area contributed by atoms with E-state index >= 15 is 0 Å². The lowest BCUT2D eigenvalue weighted by molar-refractivity contribution is -0.383. The largest absolute Gasteiger partial charge is 0.322 e. The number of hydrogen-bond acceptors (Lipinski definition) is 4. The minimum absolute atomic E-state index is 0.0819. The fourth-order valence-corrected chi connectivity index (χ4v) is 2.66. The Bertz CT molecular complexity index is 574. The van der Waals surface area contributed by atoms with Crippen LogP contribution in [0.3, 0.4) is 0 Å². The molecule has 2 aromatic heterocycles. The van der Waals surface area contributed by atoms with Crippen molar-refractivity contribution in [2.24, 2.45) is 0 Å². The summed E-state index contributed by atoms with van der Waals surface area (Å²) in [7, 11) is 0. The third-order valence-corrected chi connectivity index (χ3v) is 3.36. The molecule has 0 aliphatic rings. The topological polar surface area (TPSA) is 76.0 Å². The van der Waals surface area contributed by atoms with Gasteiger partial charge in [0, 0.05) is 0 Å². The van der Waals surface area contributed by atoms with Crippen LogP contribution in [0.4, 0.5) is 5.69 Å². The van der Waals surface area contributed by atoms with Gasteiger partial charge in [0.15, 0.2) is 0 Å². The number of nitrogens with zero attached hydrogens (tertiary/aromatic N) is 1. The second kappa shape index (κ2) is 3.18. The van der Waals surface area contributed by atoms with E-state index in [1.807, 2.05) is 0 Å². The van der Waals surface area contributed by atoms with Crippen LogP contribution in [-0.2, 0) is 0 Å². The van der Waals surface area contributed by atoms with Gasteiger partial charge in [-0.15, -0.1) is 11.3 Å². The van der Waals surface area contributed by atoms with Crippen LogP contribution in [0.1, 0.15) is 0 Å². The molecule has 2 rings (SSSR count). The average Bonchev–Trinajstić information content (AvgIpc) is 2.47. The highest BCUT2D eigenvalue weighted by Crippen LogP contribution is 2.32. The molecule has 2 aromatic rings. The van der Waals surface area contributed by atoms with E-state index in [4.69, 9.17) is 0 Å². The fourth-order valence-electron chi connectivity index (χ4n) is 1.15. The number of nitrogens with one attached hydrogen (secondary N) is 1. The SMILES string of the molecule is O=c1[nH]cc([N+](=O)[O-])c2cc(Br)sc12. The van der Waals surface area contributed by atoms with E-state index in [1.165, 1.54) is 11.3 Å². The summed E-state index contributed by atoms with van der Waals surface area (Å²) in [5.41, 5.74) is -0.386. The number of halogens is 1. The zero-order chi connectivity index (χ0) is 10.3. The van der Waals surface area contributed by atoms with Crippen molar-refractivity contribution < 1.29 is 4.92 Å². The van der Waals surface area contributed by atoms with Crippen molar-refractivity contribution in [2.75, 3.05) is 0 Å². The van der Waals surface area contributed by atoms with Crippen LogP contribution in [-0.4, -0.2) is 9.91 Å². The molecule has 0 fully saturated rings. The summed E-state index contributed by atoms with van der Waals surface area (Å²) in [5, 5.41) is 11.0. The lowest BCUT2D eigenvalue weighted by Gasteiger charge is -1.91. The number of aromatic nitrogens is 1. The molecule has 0 atom stereocenters. The molecule has 72 valence electrons. The van der Waals surface area contributed by atoms with Crippen LogP contribution in [0.25, 0.3) is 10.1 Å². The number of H-pyrrole nitrogens is 1. The first-order chi connectivity index (χ1) is 6.59. The van der Waals surface area contributed by atoms with E-state index in [0.717, 1.165) is 6.20 Å². The van der Waals surface area contributed by atoms with Gasteiger partial charge in [-0.3, -0.25) is 14.9 Å². The summed E-state index contributed by atoms with van der Waals surface area (Å²) in [4.78, 5) is 23.7. The van der Waals surface area contributed by atoms with Crippen molar-refractivity contribution in [3.05, 3.63) is 36.5 Å². The van der Waals surface area contributed by atoms with Crippen LogP contribution in [0.5, 0.6) is 0 Å². The first kappa shape index (κ1) is 9.35. The Kier molecular flexibility index (Phi) is 2.12. The molecule has 0 aromatic carbocycles. The number of nitro groups is 1. The number of pyridine rings is 1. The van der Waals surface area contributed by atoms with E-state index in [2.05, 4.69) is 20.9 Å². The molecule has 5 nitrogen and oxygen atoms in total. The van der Waals surface area contributed by atoms with E-state index in [0.29, 0.717) is 13.9 Å². The van der Waals surface area contributed by atoms with Crippen molar-refractivity contribution in [1.82, 2.24) is 4.98 Å². The molecule has 1 N–H and O–H groups in total. The second-order valence-electron chi connectivity index (χ2n) is 2.55. The fraction of sp³-hybridized carbons (Fsp3) is 0. The van der Waals surface area contributed by atoms with Gasteiger partial charge in [-0.25, -0.2) is 0 Å². The number of aromatic amines is 1. The van der Waals surface area contributed by atoms with E-state index < -0.39 is 4.92 Å². The Labute approximate surface area is 89.7 Å². The minimum atomic E-state index is -0.516. The van der Waals surface area contributed by atoms with Crippen molar-refractivity contribution in [3.63, 3.8) is 0 Å². The Hall–Kier alpha value is -1.21. The summed E-state index contributed by atoms with van der Waals surface area (Å²) in [5.74, 6) is 0. The zero-order valence-electron chi connectivity index (χ0n) is 6.61. The molecule has 0 amide bonds. The first-order valence-electron chi connectivity index (χ1n) is 3.54. The van der Waals surface area contributed by atoms with Gasteiger partial charge in [0.2, 0.25) is 0 Å². The van der Waals surface area contributed by atoms with Crippen molar-refractivity contribution >= 4 is 43.0 Å². The van der Waals surface area contributed by atoms with Crippen LogP contribution >= 0.6 is 27.3 Å². The smallest absolute Gasteiger partial charge is 0.294 e. The maximum absolute atomic E-state index is 11.3. The Morgan fingerprint density at radius 3 is 2.93 bits per heavy atom. The van der Waals surface area contributed by atoms with E-state index in [-0.39, 0.29) is 11.2 Å². The average molecular weight is 275 g/mol. The zero-order valence-corrected chi connectivity index (χ0v) is 9.02. The van der Waals surface area contributed by atoms with Crippen molar-refractivity contribution in [3.8, 4) is 0 Å². The standard InChI is InChI=1S/C7H3BrN2O3S/c8-5-1-3-4(10(12)13)2-9-7(11)6(3)14-5/h1-2H,(H,9,11). The van der Waals surface area contributed by atoms with Crippen LogP contribution in [0.15, 0.2) is 20.8 Å². The van der Waals surface area contributed by atoms with Gasteiger partial charge in [-0.1, -0.05) is 0 Å². The maximum Gasteiger partial charge on any atom is 0.294 e. The minimum Gasteiger partial charge on any atom is -0.322 e. The predicted molar refractivity (Wildman–Crippen MR) is 56.8 cm³/mol. The van der Waals surface area contributed by atoms with Gasteiger partial charge in [0.1, 0.15) is 4.70 Å². The normalized spacial score (nSPS) is 10.6. The quantitative estimate of drug-likeness (QED) is 0.640. The van der Waals surface area contributed by atoms with E-state index in [1.54, 1.807) is 6.07 Å². The summed E-state index contributed by atoms with van der Waals surface area (Å²) >= 11 is 4.36. The molecule has 14 heavy (non-hydrogen) atoms. The highest BCUT2D eigenvalue weighted by Gasteiger charge is 2.16. The van der Waals surface area contributed by atoms with Gasteiger partial charge in [-0.2, -0.15) is 0 Å². The van der Waals surface area contributed by atoms with Gasteiger partial charge >= 0.3 is 0 Å². The number of hydrogen-bond donors (Lipinski definition) is 1. The molecular formula is C7H3BrN2O3S. The van der Waals surface area contributed by atoms with Gasteiger partial charge < -0.3 is 4.98 Å². The monoisotopic (exact) mass is 274 g/mol. The molecule has 0 radical (unpaired) electrons. The van der Waals surface area contributed by atoms with Crippen LogP contribution < -0.4 is 5.56 Å². The Balaban J connectivity index is 2.95. The molecule has 0 bridgehead atoms. The lowest BCUT2D eigenvalue weighted by atomic mass is 10.3. The number of fused-ring (bicyclic) bond motifs is 1.